The first-order chi connectivity index (χ1) is 9.27. The average molecular weight is 366 g/mol. The second kappa shape index (κ2) is 10.8. The highest BCUT2D eigenvalue weighted by molar-refractivity contribution is 6.53. The van der Waals surface area contributed by atoms with Gasteiger partial charge in [-0.05, 0) is 12.8 Å². The summed E-state index contributed by atoms with van der Waals surface area (Å²) >= 11 is 22.0. The molecule has 0 unspecified atom stereocenters. The monoisotopic (exact) mass is 364 g/mol. The van der Waals surface area contributed by atoms with Crippen LogP contribution in [0.3, 0.4) is 0 Å². The van der Waals surface area contributed by atoms with Crippen LogP contribution in [0.15, 0.2) is 0 Å². The summed E-state index contributed by atoms with van der Waals surface area (Å²) in [6.45, 7) is 1.24. The van der Waals surface area contributed by atoms with E-state index in [1.807, 2.05) is 0 Å². The van der Waals surface area contributed by atoms with Crippen LogP contribution in [-0.4, -0.2) is 58.5 Å². The summed E-state index contributed by atoms with van der Waals surface area (Å²) in [7, 11) is 3.35. The van der Waals surface area contributed by atoms with Gasteiger partial charge in [-0.15, -0.1) is 0 Å². The van der Waals surface area contributed by atoms with E-state index < -0.39 is 9.67 Å². The van der Waals surface area contributed by atoms with Crippen molar-refractivity contribution in [2.75, 3.05) is 27.2 Å². The molecule has 0 N–H and O–H groups in total. The molecule has 118 valence electrons. The number of amides is 2. The van der Waals surface area contributed by atoms with Crippen molar-refractivity contribution in [1.82, 2.24) is 9.80 Å². The number of halogens is 4. The fourth-order valence-electron chi connectivity index (χ4n) is 1.61. The van der Waals surface area contributed by atoms with Crippen LogP contribution in [0.25, 0.3) is 0 Å². The fraction of sp³-hybridized carbons (Fsp3) is 0.833. The van der Waals surface area contributed by atoms with E-state index in [0.717, 1.165) is 25.7 Å². The number of carbonyl (C=O) groups is 2. The van der Waals surface area contributed by atoms with Gasteiger partial charge < -0.3 is 9.80 Å². The summed E-state index contributed by atoms with van der Waals surface area (Å²) in [5.41, 5.74) is 0. The predicted molar refractivity (Wildman–Crippen MR) is 84.7 cm³/mol. The number of hydrogen-bond acceptors (Lipinski definition) is 2. The third kappa shape index (κ3) is 8.40. The first-order valence-corrected chi connectivity index (χ1v) is 8.08. The van der Waals surface area contributed by atoms with Crippen molar-refractivity contribution in [2.45, 2.75) is 35.4 Å². The zero-order chi connectivity index (χ0) is 15.7. The lowest BCUT2D eigenvalue weighted by atomic mass is 10.2. The van der Waals surface area contributed by atoms with Crippen molar-refractivity contribution in [1.29, 1.82) is 0 Å². The molecule has 0 aliphatic heterocycles. The molecule has 0 spiro atoms. The van der Waals surface area contributed by atoms with Gasteiger partial charge in [-0.1, -0.05) is 59.2 Å². The minimum Gasteiger partial charge on any atom is -0.343 e. The van der Waals surface area contributed by atoms with Crippen LogP contribution in [0.4, 0.5) is 0 Å². The van der Waals surface area contributed by atoms with Gasteiger partial charge in [0, 0.05) is 27.2 Å². The van der Waals surface area contributed by atoms with Gasteiger partial charge in [0.05, 0.1) is 0 Å². The molecule has 20 heavy (non-hydrogen) atoms. The van der Waals surface area contributed by atoms with E-state index in [9.17, 15) is 9.59 Å². The molecule has 4 nitrogen and oxygen atoms in total. The summed E-state index contributed by atoms with van der Waals surface area (Å²) in [6.07, 6.45) is 3.65. The second-order valence-corrected chi connectivity index (χ2v) is 6.73. The predicted octanol–water partition coefficient (Wildman–Crippen LogP) is 3.07. The Kier molecular flexibility index (Phi) is 10.8. The summed E-state index contributed by atoms with van der Waals surface area (Å²) in [4.78, 5) is 23.8. The lowest BCUT2D eigenvalue weighted by molar-refractivity contribution is -0.129. The van der Waals surface area contributed by atoms with Crippen molar-refractivity contribution < 1.29 is 9.59 Å². The maximum atomic E-state index is 11.4. The van der Waals surface area contributed by atoms with Gasteiger partial charge in [0.15, 0.2) is 9.67 Å². The first-order valence-electron chi connectivity index (χ1n) is 6.33. The lowest BCUT2D eigenvalue weighted by Gasteiger charge is -2.18. The van der Waals surface area contributed by atoms with Gasteiger partial charge in [0.25, 0.3) is 11.8 Å². The van der Waals surface area contributed by atoms with E-state index in [2.05, 4.69) is 0 Å². The van der Waals surface area contributed by atoms with Crippen LogP contribution in [0.2, 0.25) is 0 Å². The van der Waals surface area contributed by atoms with E-state index in [-0.39, 0.29) is 11.8 Å². The Hall–Kier alpha value is 0.1000. The van der Waals surface area contributed by atoms with Gasteiger partial charge in [-0.25, -0.2) is 0 Å². The Bertz CT molecular complexity index is 284. The van der Waals surface area contributed by atoms with Crippen LogP contribution in [-0.2, 0) is 9.59 Å². The highest BCUT2D eigenvalue weighted by Crippen LogP contribution is 2.09. The lowest BCUT2D eigenvalue weighted by Crippen LogP contribution is -2.32. The molecule has 0 atom stereocenters. The molecule has 8 heteroatoms. The van der Waals surface area contributed by atoms with Crippen LogP contribution >= 0.6 is 46.4 Å². The van der Waals surface area contributed by atoms with E-state index in [1.165, 1.54) is 9.80 Å². The Morgan fingerprint density at radius 3 is 1.30 bits per heavy atom. The molecule has 0 saturated carbocycles. The average Bonchev–Trinajstić information content (AvgIpc) is 2.39. The van der Waals surface area contributed by atoms with E-state index >= 15 is 0 Å². The molecule has 0 fully saturated rings. The number of nitrogens with zero attached hydrogens (tertiary/aromatic N) is 2. The first kappa shape index (κ1) is 20.1. The van der Waals surface area contributed by atoms with Crippen LogP contribution < -0.4 is 0 Å². The summed E-state index contributed by atoms with van der Waals surface area (Å²) < 4.78 is 0. The topological polar surface area (TPSA) is 40.6 Å². The summed E-state index contributed by atoms with van der Waals surface area (Å²) in [5, 5.41) is 0. The molecule has 0 aromatic heterocycles. The molecule has 2 amide bonds. The summed E-state index contributed by atoms with van der Waals surface area (Å²) in [6, 6.07) is 0. The molecule has 0 aliphatic carbocycles. The highest BCUT2D eigenvalue weighted by atomic mass is 35.5. The largest absolute Gasteiger partial charge is 0.343 e. The van der Waals surface area contributed by atoms with Gasteiger partial charge in [0.2, 0.25) is 0 Å². The Morgan fingerprint density at radius 2 is 1.05 bits per heavy atom. The van der Waals surface area contributed by atoms with Crippen LogP contribution in [0, 0.1) is 0 Å². The SMILES string of the molecule is CN(CCCCCCN(C)C(=O)C(Cl)Cl)C(=O)C(Cl)Cl. The minimum absolute atomic E-state index is 0.283. The smallest absolute Gasteiger partial charge is 0.255 e. The standard InChI is InChI=1S/C12H20Cl4N2O2/c1-17(11(19)9(13)14)7-5-3-4-6-8-18(2)12(20)10(15)16/h9-10H,3-8H2,1-2H3. The van der Waals surface area contributed by atoms with Gasteiger partial charge in [0.1, 0.15) is 0 Å². The van der Waals surface area contributed by atoms with Crippen molar-refractivity contribution >= 4 is 58.2 Å². The molecule has 0 heterocycles. The zero-order valence-electron chi connectivity index (χ0n) is 11.6. The maximum Gasteiger partial charge on any atom is 0.255 e. The molecule has 0 aromatic rings. The number of carbonyl (C=O) groups excluding carboxylic acids is 2. The third-order valence-electron chi connectivity index (χ3n) is 2.86. The van der Waals surface area contributed by atoms with Crippen molar-refractivity contribution in [2.24, 2.45) is 0 Å². The quantitative estimate of drug-likeness (QED) is 0.465. The molecular formula is C12H20Cl4N2O2. The maximum absolute atomic E-state index is 11.4. The second-order valence-electron chi connectivity index (χ2n) is 4.54. The highest BCUT2D eigenvalue weighted by Gasteiger charge is 2.17. The molecular weight excluding hydrogens is 346 g/mol. The van der Waals surface area contributed by atoms with E-state index in [0.29, 0.717) is 13.1 Å². The van der Waals surface area contributed by atoms with Gasteiger partial charge >= 0.3 is 0 Å². The molecule has 0 bridgehead atoms. The molecule has 0 rings (SSSR count). The zero-order valence-corrected chi connectivity index (χ0v) is 14.6. The van der Waals surface area contributed by atoms with Gasteiger partial charge in [-0.3, -0.25) is 9.59 Å². The van der Waals surface area contributed by atoms with Crippen LogP contribution in [0.5, 0.6) is 0 Å². The third-order valence-corrected chi connectivity index (χ3v) is 3.61. The number of alkyl halides is 4. The summed E-state index contributed by atoms with van der Waals surface area (Å²) in [5.74, 6) is -0.567. The van der Waals surface area contributed by atoms with Gasteiger partial charge in [-0.2, -0.15) is 0 Å². The number of hydrogen-bond donors (Lipinski definition) is 0. The normalized spacial score (nSPS) is 11.0. The van der Waals surface area contributed by atoms with Crippen LogP contribution in [0.1, 0.15) is 25.7 Å². The van der Waals surface area contributed by atoms with Crippen molar-refractivity contribution in [3.05, 3.63) is 0 Å². The minimum atomic E-state index is -1.00. The Labute approximate surface area is 140 Å². The van der Waals surface area contributed by atoms with E-state index in [4.69, 9.17) is 46.4 Å². The Balaban J connectivity index is 3.63. The Morgan fingerprint density at radius 1 is 0.750 bits per heavy atom. The molecule has 0 aromatic carbocycles. The van der Waals surface area contributed by atoms with E-state index in [1.54, 1.807) is 14.1 Å². The van der Waals surface area contributed by atoms with Crippen molar-refractivity contribution in [3.63, 3.8) is 0 Å². The number of rotatable bonds is 9. The van der Waals surface area contributed by atoms with Crippen molar-refractivity contribution in [3.8, 4) is 0 Å². The molecule has 0 radical (unpaired) electrons. The molecule has 0 aliphatic rings. The fourth-order valence-corrected chi connectivity index (χ4v) is 2.27. The number of unbranched alkanes of at least 4 members (excludes halogenated alkanes) is 3. The molecule has 0 saturated heterocycles.